The van der Waals surface area contributed by atoms with Gasteiger partial charge in [0.1, 0.15) is 11.6 Å². The molecule has 2 heterocycles. The van der Waals surface area contributed by atoms with Gasteiger partial charge in [-0.1, -0.05) is 35.3 Å². The number of carbonyl (C=O) groups is 1. The number of ether oxygens (including phenoxy) is 1. The fraction of sp³-hybridized carbons (Fsp3) is 0.407. The molecule has 5 rings (SSSR count). The van der Waals surface area contributed by atoms with Crippen LogP contribution in [0.5, 0.6) is 5.75 Å². The maximum absolute atomic E-state index is 13.4. The molecule has 0 bridgehead atoms. The Labute approximate surface area is 210 Å². The lowest BCUT2D eigenvalue weighted by molar-refractivity contribution is -0.137. The van der Waals surface area contributed by atoms with Gasteiger partial charge in [-0.05, 0) is 73.1 Å². The lowest BCUT2D eigenvalue weighted by Gasteiger charge is -2.35. The fourth-order valence-corrected chi connectivity index (χ4v) is 5.81. The number of likely N-dealkylation sites (tertiary alicyclic amines) is 1. The zero-order valence-electron chi connectivity index (χ0n) is 19.3. The highest BCUT2D eigenvalue weighted by Gasteiger charge is 2.33. The Morgan fingerprint density at radius 1 is 1.15 bits per heavy atom. The van der Waals surface area contributed by atoms with Crippen molar-refractivity contribution in [2.75, 3.05) is 20.2 Å². The molecule has 1 aromatic heterocycles. The van der Waals surface area contributed by atoms with E-state index in [0.29, 0.717) is 22.5 Å². The number of hydrogen-bond acceptors (Lipinski definition) is 3. The summed E-state index contributed by atoms with van der Waals surface area (Å²) in [5.41, 5.74) is 3.49. The van der Waals surface area contributed by atoms with Gasteiger partial charge in [0.05, 0.1) is 13.7 Å². The largest absolute Gasteiger partial charge is 0.496 e. The van der Waals surface area contributed by atoms with Crippen LogP contribution in [0.15, 0.2) is 48.8 Å². The highest BCUT2D eigenvalue weighted by Crippen LogP contribution is 2.35. The summed E-state index contributed by atoms with van der Waals surface area (Å²) in [6.07, 6.45) is 8.28. The molecular formula is C27H29Cl2N3O2. The molecule has 1 atom stereocenters. The van der Waals surface area contributed by atoms with Crippen molar-refractivity contribution in [1.82, 2.24) is 14.5 Å². The van der Waals surface area contributed by atoms with E-state index in [1.807, 2.05) is 36.7 Å². The second-order valence-electron chi connectivity index (χ2n) is 9.29. The summed E-state index contributed by atoms with van der Waals surface area (Å²) < 4.78 is 7.72. The molecule has 0 N–H and O–H groups in total. The Hall–Kier alpha value is -2.50. The molecule has 178 valence electrons. The minimum absolute atomic E-state index is 0.0345. The smallest absolute Gasteiger partial charge is 0.226 e. The molecule has 1 unspecified atom stereocenters. The Balaban J connectivity index is 1.22. The average molecular weight is 498 g/mol. The number of hydrogen-bond donors (Lipinski definition) is 0. The monoisotopic (exact) mass is 497 g/mol. The van der Waals surface area contributed by atoms with Crippen molar-refractivity contribution in [3.63, 3.8) is 0 Å². The molecule has 5 nitrogen and oxygen atoms in total. The minimum Gasteiger partial charge on any atom is -0.496 e. The first-order valence-electron chi connectivity index (χ1n) is 11.9. The van der Waals surface area contributed by atoms with Gasteiger partial charge < -0.3 is 14.2 Å². The summed E-state index contributed by atoms with van der Waals surface area (Å²) in [7, 11) is 1.70. The predicted molar refractivity (Wildman–Crippen MR) is 135 cm³/mol. The number of amides is 1. The fourth-order valence-electron chi connectivity index (χ4n) is 5.44. The second-order valence-corrected chi connectivity index (χ2v) is 10.1. The van der Waals surface area contributed by atoms with Crippen LogP contribution in [0.25, 0.3) is 0 Å². The van der Waals surface area contributed by atoms with Gasteiger partial charge in [0.2, 0.25) is 5.91 Å². The number of piperidine rings is 1. The quantitative estimate of drug-likeness (QED) is 0.450. The molecule has 3 aromatic rings. The Morgan fingerprint density at radius 2 is 1.97 bits per heavy atom. The van der Waals surface area contributed by atoms with Gasteiger partial charge in [-0.25, -0.2) is 4.98 Å². The number of benzene rings is 2. The Kier molecular flexibility index (Phi) is 6.84. The van der Waals surface area contributed by atoms with E-state index in [9.17, 15) is 4.79 Å². The van der Waals surface area contributed by atoms with Gasteiger partial charge >= 0.3 is 0 Å². The van der Waals surface area contributed by atoms with Crippen LogP contribution in [0.2, 0.25) is 10.0 Å². The van der Waals surface area contributed by atoms with Crippen molar-refractivity contribution in [2.24, 2.45) is 5.92 Å². The van der Waals surface area contributed by atoms with Crippen LogP contribution in [-0.4, -0.2) is 40.6 Å². The summed E-state index contributed by atoms with van der Waals surface area (Å²) >= 11 is 12.6. The van der Waals surface area contributed by atoms with Crippen LogP contribution in [0.4, 0.5) is 0 Å². The highest BCUT2D eigenvalue weighted by molar-refractivity contribution is 6.33. The lowest BCUT2D eigenvalue weighted by Crippen LogP contribution is -2.43. The second kappa shape index (κ2) is 10.0. The number of methoxy groups -OCH3 is 1. The maximum Gasteiger partial charge on any atom is 0.226 e. The Bertz CT molecular complexity index is 1170. The number of fused-ring (bicyclic) bond motifs is 1. The number of aryl methyl sites for hydroxylation is 1. The van der Waals surface area contributed by atoms with Crippen LogP contribution >= 0.6 is 23.2 Å². The molecule has 0 spiro atoms. The van der Waals surface area contributed by atoms with E-state index in [2.05, 4.69) is 20.5 Å². The van der Waals surface area contributed by atoms with Gasteiger partial charge in [-0.3, -0.25) is 4.79 Å². The number of nitrogens with zero attached hydrogens (tertiary/aromatic N) is 3. The number of aromatic nitrogens is 2. The van der Waals surface area contributed by atoms with E-state index in [1.165, 1.54) is 11.1 Å². The van der Waals surface area contributed by atoms with Crippen molar-refractivity contribution in [2.45, 2.75) is 44.6 Å². The molecule has 34 heavy (non-hydrogen) atoms. The highest BCUT2D eigenvalue weighted by atomic mass is 35.5. The molecule has 0 radical (unpaired) electrons. The third kappa shape index (κ3) is 4.69. The SMILES string of the molecule is COc1cccc2c1CC(C(=O)N1CCC(c3nccn3Cc3cc(Cl)ccc3Cl)CC1)CC2. The summed E-state index contributed by atoms with van der Waals surface area (Å²) in [6.45, 7) is 2.17. The number of carbonyl (C=O) groups excluding carboxylic acids is 1. The van der Waals surface area contributed by atoms with Crippen LogP contribution in [0.1, 0.15) is 47.7 Å². The number of imidazole rings is 1. The first kappa shape index (κ1) is 23.3. The summed E-state index contributed by atoms with van der Waals surface area (Å²) in [4.78, 5) is 20.1. The van der Waals surface area contributed by atoms with E-state index in [1.54, 1.807) is 13.2 Å². The van der Waals surface area contributed by atoms with Gasteiger partial charge in [0, 0.05) is 47.4 Å². The normalized spacial score (nSPS) is 18.6. The first-order chi connectivity index (χ1) is 16.5. The van der Waals surface area contributed by atoms with Crippen molar-refractivity contribution in [1.29, 1.82) is 0 Å². The molecule has 1 aliphatic heterocycles. The molecule has 2 aromatic carbocycles. The van der Waals surface area contributed by atoms with Crippen LogP contribution in [0, 0.1) is 5.92 Å². The zero-order valence-corrected chi connectivity index (χ0v) is 20.9. The van der Waals surface area contributed by atoms with Crippen LogP contribution in [-0.2, 0) is 24.2 Å². The van der Waals surface area contributed by atoms with Gasteiger partial charge in [0.25, 0.3) is 0 Å². The maximum atomic E-state index is 13.4. The average Bonchev–Trinajstić information content (AvgIpc) is 3.33. The van der Waals surface area contributed by atoms with E-state index in [0.717, 1.165) is 62.3 Å². The summed E-state index contributed by atoms with van der Waals surface area (Å²) in [5, 5.41) is 1.38. The zero-order chi connectivity index (χ0) is 23.7. The molecule has 7 heteroatoms. The van der Waals surface area contributed by atoms with Crippen LogP contribution in [0.3, 0.4) is 0 Å². The van der Waals surface area contributed by atoms with E-state index in [-0.39, 0.29) is 11.8 Å². The van der Waals surface area contributed by atoms with Crippen molar-refractivity contribution in [3.05, 3.63) is 81.4 Å². The standard InChI is InChI=1S/C27H29Cl2N3O2/c1-34-25-4-2-3-18-5-6-20(16-23(18)25)27(33)31-12-9-19(10-13-31)26-30-11-14-32(26)17-21-15-22(28)7-8-24(21)29/h2-4,7-8,11,14-15,19-20H,5-6,9-10,12-13,16-17H2,1H3. The molecule has 1 fully saturated rings. The van der Waals surface area contributed by atoms with Gasteiger partial charge in [-0.2, -0.15) is 0 Å². The van der Waals surface area contributed by atoms with E-state index < -0.39 is 0 Å². The van der Waals surface area contributed by atoms with Gasteiger partial charge in [-0.15, -0.1) is 0 Å². The molecule has 1 aliphatic carbocycles. The number of halogens is 2. The molecule has 1 saturated heterocycles. The van der Waals surface area contributed by atoms with Crippen molar-refractivity contribution in [3.8, 4) is 5.75 Å². The molecule has 1 amide bonds. The van der Waals surface area contributed by atoms with Crippen LogP contribution < -0.4 is 4.74 Å². The topological polar surface area (TPSA) is 47.4 Å². The number of rotatable bonds is 5. The predicted octanol–water partition coefficient (Wildman–Crippen LogP) is 5.76. The van der Waals surface area contributed by atoms with E-state index in [4.69, 9.17) is 27.9 Å². The molecule has 2 aliphatic rings. The Morgan fingerprint density at radius 3 is 2.76 bits per heavy atom. The first-order valence-corrected chi connectivity index (χ1v) is 12.7. The third-order valence-corrected chi connectivity index (χ3v) is 7.88. The third-order valence-electron chi connectivity index (χ3n) is 7.28. The van der Waals surface area contributed by atoms with Gasteiger partial charge in [0.15, 0.2) is 0 Å². The van der Waals surface area contributed by atoms with E-state index >= 15 is 0 Å². The molecule has 0 saturated carbocycles. The van der Waals surface area contributed by atoms with Crippen molar-refractivity contribution < 1.29 is 9.53 Å². The summed E-state index contributed by atoms with van der Waals surface area (Å²) in [6, 6.07) is 11.7. The minimum atomic E-state index is 0.0345. The summed E-state index contributed by atoms with van der Waals surface area (Å²) in [5.74, 6) is 2.60. The lowest BCUT2D eigenvalue weighted by atomic mass is 9.82. The van der Waals surface area contributed by atoms with Crippen molar-refractivity contribution >= 4 is 29.1 Å². The molecular weight excluding hydrogens is 469 g/mol.